The Morgan fingerprint density at radius 2 is 1.86 bits per heavy atom. The van der Waals surface area contributed by atoms with Crippen molar-refractivity contribution in [3.63, 3.8) is 0 Å². The molecule has 0 amide bonds. The fraction of sp³-hybridized carbons (Fsp3) is 0.600. The molecule has 0 heterocycles. The van der Waals surface area contributed by atoms with Crippen molar-refractivity contribution in [2.24, 2.45) is 5.92 Å². The summed E-state index contributed by atoms with van der Waals surface area (Å²) in [6.07, 6.45) is 6.63. The van der Waals surface area contributed by atoms with Crippen LogP contribution in [-0.4, -0.2) is 5.60 Å². The highest BCUT2D eigenvalue weighted by molar-refractivity contribution is 5.62. The number of aryl methyl sites for hydroxylation is 1. The number of ether oxygens (including phenoxy) is 1. The monoisotopic (exact) mass is 288 g/mol. The van der Waals surface area contributed by atoms with Crippen LogP contribution in [0.5, 0.6) is 0 Å². The molecule has 0 aromatic heterocycles. The van der Waals surface area contributed by atoms with Crippen LogP contribution in [0.3, 0.4) is 0 Å². The van der Waals surface area contributed by atoms with E-state index in [4.69, 9.17) is 4.74 Å². The summed E-state index contributed by atoms with van der Waals surface area (Å²) in [5.74, 6) is 0.774. The van der Waals surface area contributed by atoms with E-state index >= 15 is 0 Å². The standard InChI is InChI=1S/C20H32O/c1-7-20(6,14-8-9-16(2)3)21-15-18(5)19-12-10-17(4)11-13-19/h10-13,15-16H,7-9,14H2,1-6H3. The summed E-state index contributed by atoms with van der Waals surface area (Å²) in [5, 5.41) is 0. The van der Waals surface area contributed by atoms with E-state index in [1.807, 2.05) is 6.26 Å². The number of rotatable bonds is 8. The molecule has 0 radical (unpaired) electrons. The van der Waals surface area contributed by atoms with Crippen molar-refractivity contribution in [3.05, 3.63) is 41.7 Å². The van der Waals surface area contributed by atoms with E-state index in [1.54, 1.807) is 0 Å². The molecular weight excluding hydrogens is 256 g/mol. The van der Waals surface area contributed by atoms with Crippen LogP contribution in [0.4, 0.5) is 0 Å². The number of benzene rings is 1. The molecule has 1 atom stereocenters. The molecule has 0 spiro atoms. The van der Waals surface area contributed by atoms with Gasteiger partial charge in [0.25, 0.3) is 0 Å². The zero-order valence-corrected chi connectivity index (χ0v) is 14.7. The first-order valence-electron chi connectivity index (χ1n) is 8.28. The van der Waals surface area contributed by atoms with Gasteiger partial charge in [-0.25, -0.2) is 0 Å². The van der Waals surface area contributed by atoms with Gasteiger partial charge in [-0.2, -0.15) is 0 Å². The van der Waals surface area contributed by atoms with E-state index in [9.17, 15) is 0 Å². The Morgan fingerprint density at radius 3 is 2.38 bits per heavy atom. The van der Waals surface area contributed by atoms with Crippen molar-refractivity contribution in [1.29, 1.82) is 0 Å². The fourth-order valence-corrected chi connectivity index (χ4v) is 2.32. The number of hydrogen-bond donors (Lipinski definition) is 0. The average molecular weight is 288 g/mol. The topological polar surface area (TPSA) is 9.23 Å². The molecule has 1 rings (SSSR count). The minimum atomic E-state index is -0.0408. The van der Waals surface area contributed by atoms with Gasteiger partial charge in [-0.15, -0.1) is 0 Å². The molecule has 0 fully saturated rings. The Balaban J connectivity index is 2.63. The lowest BCUT2D eigenvalue weighted by atomic mass is 9.93. The molecule has 0 aliphatic carbocycles. The first-order valence-corrected chi connectivity index (χ1v) is 8.28. The minimum Gasteiger partial charge on any atom is -0.495 e. The second-order valence-corrected chi connectivity index (χ2v) is 6.87. The summed E-state index contributed by atoms with van der Waals surface area (Å²) < 4.78 is 6.14. The summed E-state index contributed by atoms with van der Waals surface area (Å²) in [7, 11) is 0. The van der Waals surface area contributed by atoms with Crippen molar-refractivity contribution in [1.82, 2.24) is 0 Å². The molecule has 21 heavy (non-hydrogen) atoms. The summed E-state index contributed by atoms with van der Waals surface area (Å²) in [6.45, 7) is 13.2. The Kier molecular flexibility index (Phi) is 7.01. The second-order valence-electron chi connectivity index (χ2n) is 6.87. The Hall–Kier alpha value is -1.24. The Bertz CT molecular complexity index is 441. The van der Waals surface area contributed by atoms with Gasteiger partial charge in [-0.3, -0.25) is 0 Å². The van der Waals surface area contributed by atoms with Gasteiger partial charge in [0.1, 0.15) is 5.60 Å². The van der Waals surface area contributed by atoms with E-state index < -0.39 is 0 Å². The molecule has 1 aromatic carbocycles. The molecule has 1 unspecified atom stereocenters. The van der Waals surface area contributed by atoms with E-state index in [0.717, 1.165) is 18.8 Å². The SMILES string of the molecule is CCC(C)(CCCC(C)C)OC=C(C)c1ccc(C)cc1. The van der Waals surface area contributed by atoms with Crippen LogP contribution < -0.4 is 0 Å². The van der Waals surface area contributed by atoms with Gasteiger partial charge >= 0.3 is 0 Å². The largest absolute Gasteiger partial charge is 0.495 e. The third kappa shape index (κ3) is 6.37. The molecule has 0 N–H and O–H groups in total. The van der Waals surface area contributed by atoms with Crippen LogP contribution in [0, 0.1) is 12.8 Å². The summed E-state index contributed by atoms with van der Waals surface area (Å²) in [4.78, 5) is 0. The second kappa shape index (κ2) is 8.26. The summed E-state index contributed by atoms with van der Waals surface area (Å²) >= 11 is 0. The van der Waals surface area contributed by atoms with E-state index in [-0.39, 0.29) is 5.60 Å². The van der Waals surface area contributed by atoms with Crippen LogP contribution in [0.2, 0.25) is 0 Å². The maximum absolute atomic E-state index is 6.14. The van der Waals surface area contributed by atoms with Crippen molar-refractivity contribution in [3.8, 4) is 0 Å². The Labute approximate surface area is 131 Å². The first kappa shape index (κ1) is 17.8. The molecular formula is C20H32O. The quantitative estimate of drug-likeness (QED) is 0.505. The molecule has 0 saturated heterocycles. The lowest BCUT2D eigenvalue weighted by molar-refractivity contribution is 0.0254. The van der Waals surface area contributed by atoms with Gasteiger partial charge in [-0.1, -0.05) is 57.0 Å². The third-order valence-electron chi connectivity index (χ3n) is 4.26. The lowest BCUT2D eigenvalue weighted by Crippen LogP contribution is -2.25. The van der Waals surface area contributed by atoms with Gasteiger partial charge in [0, 0.05) is 0 Å². The maximum Gasteiger partial charge on any atom is 0.105 e. The molecule has 0 saturated carbocycles. The van der Waals surface area contributed by atoms with Gasteiger partial charge in [0.05, 0.1) is 6.26 Å². The molecule has 0 bridgehead atoms. The minimum absolute atomic E-state index is 0.0408. The highest BCUT2D eigenvalue weighted by Crippen LogP contribution is 2.26. The molecule has 1 heteroatoms. The van der Waals surface area contributed by atoms with E-state index in [2.05, 4.69) is 65.8 Å². The van der Waals surface area contributed by atoms with Crippen molar-refractivity contribution in [2.75, 3.05) is 0 Å². The van der Waals surface area contributed by atoms with Crippen LogP contribution in [0.15, 0.2) is 30.5 Å². The maximum atomic E-state index is 6.14. The predicted molar refractivity (Wildman–Crippen MR) is 93.3 cm³/mol. The number of hydrogen-bond acceptors (Lipinski definition) is 1. The fourth-order valence-electron chi connectivity index (χ4n) is 2.32. The van der Waals surface area contributed by atoms with Crippen LogP contribution in [-0.2, 0) is 4.74 Å². The van der Waals surface area contributed by atoms with Crippen molar-refractivity contribution >= 4 is 5.57 Å². The Morgan fingerprint density at radius 1 is 1.24 bits per heavy atom. The van der Waals surface area contributed by atoms with Crippen LogP contribution >= 0.6 is 0 Å². The number of allylic oxidation sites excluding steroid dienone is 1. The average Bonchev–Trinajstić information content (AvgIpc) is 2.45. The van der Waals surface area contributed by atoms with E-state index in [0.29, 0.717) is 0 Å². The summed E-state index contributed by atoms with van der Waals surface area (Å²) in [6, 6.07) is 8.61. The highest BCUT2D eigenvalue weighted by atomic mass is 16.5. The van der Waals surface area contributed by atoms with Crippen molar-refractivity contribution in [2.45, 2.75) is 72.8 Å². The molecule has 0 aliphatic heterocycles. The van der Waals surface area contributed by atoms with Crippen LogP contribution in [0.1, 0.15) is 71.4 Å². The van der Waals surface area contributed by atoms with Crippen LogP contribution in [0.25, 0.3) is 5.57 Å². The molecule has 1 nitrogen and oxygen atoms in total. The van der Waals surface area contributed by atoms with Gasteiger partial charge in [0.15, 0.2) is 0 Å². The normalized spacial score (nSPS) is 15.1. The van der Waals surface area contributed by atoms with E-state index in [1.165, 1.54) is 29.5 Å². The molecule has 0 aliphatic rings. The van der Waals surface area contributed by atoms with Crippen molar-refractivity contribution < 1.29 is 4.74 Å². The zero-order valence-electron chi connectivity index (χ0n) is 14.7. The smallest absolute Gasteiger partial charge is 0.105 e. The predicted octanol–water partition coefficient (Wildman–Crippen LogP) is 6.37. The lowest BCUT2D eigenvalue weighted by Gasteiger charge is -2.28. The zero-order chi connectivity index (χ0) is 15.9. The molecule has 1 aromatic rings. The first-order chi connectivity index (χ1) is 9.86. The van der Waals surface area contributed by atoms with Gasteiger partial charge in [-0.05, 0) is 57.1 Å². The van der Waals surface area contributed by atoms with Gasteiger partial charge < -0.3 is 4.74 Å². The highest BCUT2D eigenvalue weighted by Gasteiger charge is 2.22. The molecule has 118 valence electrons. The van der Waals surface area contributed by atoms with Gasteiger partial charge in [0.2, 0.25) is 0 Å². The third-order valence-corrected chi connectivity index (χ3v) is 4.26. The summed E-state index contributed by atoms with van der Waals surface area (Å²) in [5.41, 5.74) is 3.68.